The van der Waals surface area contributed by atoms with Crippen molar-refractivity contribution in [1.29, 1.82) is 0 Å². The Hall–Kier alpha value is -2.80. The average molecular weight is 355 g/mol. The minimum absolute atomic E-state index is 0.0545. The average Bonchev–Trinajstić information content (AvgIpc) is 2.67. The second kappa shape index (κ2) is 8.53. The molecule has 1 amide bonds. The van der Waals surface area contributed by atoms with E-state index in [4.69, 9.17) is 9.84 Å². The fourth-order valence-corrected chi connectivity index (χ4v) is 2.94. The predicted molar refractivity (Wildman–Crippen MR) is 95.0 cm³/mol. The van der Waals surface area contributed by atoms with Gasteiger partial charge >= 0.3 is 5.97 Å². The maximum absolute atomic E-state index is 12.2. The largest absolute Gasteiger partial charge is 0.476 e. The Bertz CT molecular complexity index is 771. The normalized spacial score (nSPS) is 14.8. The first-order valence-electron chi connectivity index (χ1n) is 8.69. The van der Waals surface area contributed by atoms with Gasteiger partial charge in [-0.2, -0.15) is 0 Å². The van der Waals surface area contributed by atoms with E-state index >= 15 is 0 Å². The molecule has 1 aromatic carbocycles. The van der Waals surface area contributed by atoms with Crippen LogP contribution in [0, 0.1) is 0 Å². The molecule has 3 rings (SSSR count). The standard InChI is InChI=1S/C19H21N3O4/c23-18(16-10-21-17(11-20-16)19(24)25)22-14-6-4-5-13(9-14)12-26-15-7-2-1-3-8-15/h4-6,9-11,15H,1-3,7-8,12H2,(H,22,23)(H,24,25). The summed E-state index contributed by atoms with van der Waals surface area (Å²) in [5.41, 5.74) is 1.46. The van der Waals surface area contributed by atoms with E-state index in [1.165, 1.54) is 19.3 Å². The Morgan fingerprint density at radius 1 is 1.12 bits per heavy atom. The summed E-state index contributed by atoms with van der Waals surface area (Å²) in [4.78, 5) is 30.5. The topological polar surface area (TPSA) is 101 Å². The van der Waals surface area contributed by atoms with Crippen LogP contribution in [-0.4, -0.2) is 33.1 Å². The first kappa shape index (κ1) is 18.0. The number of ether oxygens (including phenoxy) is 1. The van der Waals surface area contributed by atoms with Gasteiger partial charge in [0.25, 0.3) is 5.91 Å². The molecule has 0 saturated heterocycles. The fourth-order valence-electron chi connectivity index (χ4n) is 2.94. The molecule has 2 N–H and O–H groups in total. The van der Waals surface area contributed by atoms with Gasteiger partial charge in [0.15, 0.2) is 5.69 Å². The molecule has 26 heavy (non-hydrogen) atoms. The van der Waals surface area contributed by atoms with Crippen LogP contribution in [0.25, 0.3) is 0 Å². The summed E-state index contributed by atoms with van der Waals surface area (Å²) in [7, 11) is 0. The lowest BCUT2D eigenvalue weighted by Gasteiger charge is -2.22. The minimum atomic E-state index is -1.19. The molecular weight excluding hydrogens is 334 g/mol. The molecule has 1 heterocycles. The van der Waals surface area contributed by atoms with Gasteiger partial charge in [0.2, 0.25) is 0 Å². The summed E-state index contributed by atoms with van der Waals surface area (Å²) in [6, 6.07) is 7.45. The van der Waals surface area contributed by atoms with Crippen molar-refractivity contribution < 1.29 is 19.4 Å². The molecule has 0 spiro atoms. The van der Waals surface area contributed by atoms with Crippen molar-refractivity contribution >= 4 is 17.6 Å². The Labute approximate surface area is 151 Å². The number of carboxylic acids is 1. The lowest BCUT2D eigenvalue weighted by atomic mass is 9.98. The van der Waals surface area contributed by atoms with Gasteiger partial charge in [0, 0.05) is 5.69 Å². The Morgan fingerprint density at radius 3 is 2.54 bits per heavy atom. The van der Waals surface area contributed by atoms with E-state index in [2.05, 4.69) is 15.3 Å². The van der Waals surface area contributed by atoms with Gasteiger partial charge in [-0.3, -0.25) is 4.79 Å². The molecule has 1 aliphatic rings. The predicted octanol–water partition coefficient (Wildman–Crippen LogP) is 3.28. The summed E-state index contributed by atoms with van der Waals surface area (Å²) >= 11 is 0. The van der Waals surface area contributed by atoms with Crippen LogP contribution < -0.4 is 5.32 Å². The third kappa shape index (κ3) is 4.86. The number of hydrogen-bond acceptors (Lipinski definition) is 5. The molecule has 1 aliphatic carbocycles. The van der Waals surface area contributed by atoms with E-state index in [0.29, 0.717) is 18.4 Å². The molecular formula is C19H21N3O4. The number of anilines is 1. The molecule has 0 aliphatic heterocycles. The molecule has 1 saturated carbocycles. The first-order chi connectivity index (χ1) is 12.6. The van der Waals surface area contributed by atoms with Gasteiger partial charge in [-0.1, -0.05) is 31.4 Å². The lowest BCUT2D eigenvalue weighted by Crippen LogP contribution is -2.17. The number of carboxylic acid groups (broad SMARTS) is 1. The molecule has 0 atom stereocenters. The summed E-state index contributed by atoms with van der Waals surface area (Å²) in [6.07, 6.45) is 8.50. The zero-order valence-corrected chi connectivity index (χ0v) is 14.4. The van der Waals surface area contributed by atoms with Crippen LogP contribution in [0.1, 0.15) is 58.6 Å². The number of nitrogens with one attached hydrogen (secondary N) is 1. The zero-order valence-electron chi connectivity index (χ0n) is 14.4. The second-order valence-electron chi connectivity index (χ2n) is 6.32. The van der Waals surface area contributed by atoms with Gasteiger partial charge in [-0.15, -0.1) is 0 Å². The van der Waals surface area contributed by atoms with E-state index < -0.39 is 11.9 Å². The maximum atomic E-state index is 12.2. The number of carbonyl (C=O) groups excluding carboxylic acids is 1. The van der Waals surface area contributed by atoms with Crippen LogP contribution >= 0.6 is 0 Å². The number of nitrogens with zero attached hydrogens (tertiary/aromatic N) is 2. The van der Waals surface area contributed by atoms with Crippen LogP contribution in [0.3, 0.4) is 0 Å². The van der Waals surface area contributed by atoms with Crippen molar-refractivity contribution in [3.05, 3.63) is 53.6 Å². The highest BCUT2D eigenvalue weighted by atomic mass is 16.5. The van der Waals surface area contributed by atoms with Crippen molar-refractivity contribution in [2.45, 2.75) is 44.8 Å². The van der Waals surface area contributed by atoms with E-state index in [1.54, 1.807) is 6.07 Å². The number of carbonyl (C=O) groups is 2. The van der Waals surface area contributed by atoms with Crippen LogP contribution in [0.4, 0.5) is 5.69 Å². The summed E-state index contributed by atoms with van der Waals surface area (Å²) < 4.78 is 5.96. The van der Waals surface area contributed by atoms with E-state index in [1.807, 2.05) is 18.2 Å². The van der Waals surface area contributed by atoms with E-state index in [0.717, 1.165) is 30.8 Å². The van der Waals surface area contributed by atoms with Crippen LogP contribution in [-0.2, 0) is 11.3 Å². The number of aromatic carboxylic acids is 1. The number of rotatable bonds is 6. The monoisotopic (exact) mass is 355 g/mol. The smallest absolute Gasteiger partial charge is 0.356 e. The van der Waals surface area contributed by atoms with Gasteiger partial charge in [0.1, 0.15) is 5.69 Å². The molecule has 1 aromatic heterocycles. The molecule has 1 fully saturated rings. The van der Waals surface area contributed by atoms with Gasteiger partial charge in [0.05, 0.1) is 25.1 Å². The highest BCUT2D eigenvalue weighted by Crippen LogP contribution is 2.22. The van der Waals surface area contributed by atoms with Gasteiger partial charge in [-0.05, 0) is 30.5 Å². The van der Waals surface area contributed by atoms with Gasteiger partial charge < -0.3 is 15.2 Å². The van der Waals surface area contributed by atoms with Crippen LogP contribution in [0.5, 0.6) is 0 Å². The van der Waals surface area contributed by atoms with Crippen molar-refractivity contribution in [2.75, 3.05) is 5.32 Å². The minimum Gasteiger partial charge on any atom is -0.476 e. The highest BCUT2D eigenvalue weighted by Gasteiger charge is 2.14. The Morgan fingerprint density at radius 2 is 1.85 bits per heavy atom. The fraction of sp³-hybridized carbons (Fsp3) is 0.368. The summed E-state index contributed by atoms with van der Waals surface area (Å²) in [5.74, 6) is -1.63. The van der Waals surface area contributed by atoms with Crippen molar-refractivity contribution in [2.24, 2.45) is 0 Å². The second-order valence-corrected chi connectivity index (χ2v) is 6.32. The number of amides is 1. The van der Waals surface area contributed by atoms with Gasteiger partial charge in [-0.25, -0.2) is 14.8 Å². The molecule has 7 heteroatoms. The Balaban J connectivity index is 1.58. The summed E-state index contributed by atoms with van der Waals surface area (Å²) in [6.45, 7) is 0.515. The molecule has 7 nitrogen and oxygen atoms in total. The SMILES string of the molecule is O=C(O)c1cnc(C(=O)Nc2cccc(COC3CCCCC3)c2)cn1. The zero-order chi connectivity index (χ0) is 18.4. The van der Waals surface area contributed by atoms with E-state index in [-0.39, 0.29) is 11.4 Å². The summed E-state index contributed by atoms with van der Waals surface area (Å²) in [5, 5.41) is 11.6. The van der Waals surface area contributed by atoms with Crippen LogP contribution in [0.15, 0.2) is 36.7 Å². The lowest BCUT2D eigenvalue weighted by molar-refractivity contribution is 0.0169. The highest BCUT2D eigenvalue weighted by molar-refractivity contribution is 6.02. The van der Waals surface area contributed by atoms with Crippen molar-refractivity contribution in [1.82, 2.24) is 9.97 Å². The third-order valence-corrected chi connectivity index (χ3v) is 4.33. The van der Waals surface area contributed by atoms with Crippen molar-refractivity contribution in [3.8, 4) is 0 Å². The molecule has 0 radical (unpaired) electrons. The number of benzene rings is 1. The number of aromatic nitrogens is 2. The molecule has 2 aromatic rings. The number of hydrogen-bond donors (Lipinski definition) is 2. The quantitative estimate of drug-likeness (QED) is 0.824. The van der Waals surface area contributed by atoms with Crippen LogP contribution in [0.2, 0.25) is 0 Å². The molecule has 0 bridgehead atoms. The molecule has 136 valence electrons. The first-order valence-corrected chi connectivity index (χ1v) is 8.69. The Kier molecular flexibility index (Phi) is 5.91. The van der Waals surface area contributed by atoms with Crippen molar-refractivity contribution in [3.63, 3.8) is 0 Å². The maximum Gasteiger partial charge on any atom is 0.356 e. The third-order valence-electron chi connectivity index (χ3n) is 4.33. The van der Waals surface area contributed by atoms with E-state index in [9.17, 15) is 9.59 Å². The molecule has 0 unspecified atom stereocenters.